The van der Waals surface area contributed by atoms with Crippen molar-refractivity contribution < 1.29 is 9.59 Å². The lowest BCUT2D eigenvalue weighted by Crippen LogP contribution is -2.39. The molecule has 1 aliphatic heterocycles. The zero-order chi connectivity index (χ0) is 12.7. The number of nitrogens with one attached hydrogen (secondary N) is 2. The Balaban J connectivity index is 2.09. The molecule has 1 unspecified atom stereocenters. The highest BCUT2D eigenvalue weighted by molar-refractivity contribution is 6.03. The maximum atomic E-state index is 11.9. The van der Waals surface area contributed by atoms with Crippen LogP contribution in [0.4, 0.5) is 5.82 Å². The van der Waals surface area contributed by atoms with Crippen LogP contribution in [0.15, 0.2) is 18.2 Å². The number of nitrogens with two attached hydrogens (primary N) is 1. The Morgan fingerprint density at radius 2 is 2.17 bits per heavy atom. The summed E-state index contributed by atoms with van der Waals surface area (Å²) in [4.78, 5) is 23.0. The van der Waals surface area contributed by atoms with Crippen LogP contribution in [0.25, 0.3) is 10.9 Å². The number of piperidine rings is 1. The molecule has 18 heavy (non-hydrogen) atoms. The zero-order valence-corrected chi connectivity index (χ0v) is 9.56. The van der Waals surface area contributed by atoms with E-state index >= 15 is 0 Å². The number of anilines is 1. The first kappa shape index (κ1) is 10.8. The fraction of sp³-hybridized carbons (Fsp3) is 0.250. The van der Waals surface area contributed by atoms with Gasteiger partial charge < -0.3 is 5.73 Å². The molecule has 2 heterocycles. The predicted molar refractivity (Wildman–Crippen MR) is 65.6 cm³/mol. The second kappa shape index (κ2) is 3.83. The van der Waals surface area contributed by atoms with Gasteiger partial charge in [-0.15, -0.1) is 0 Å². The SMILES string of the molecule is Nc1n[nH]c2c(C3CCC(=O)NC3=O)cccc12. The van der Waals surface area contributed by atoms with Gasteiger partial charge in [0.25, 0.3) is 0 Å². The highest BCUT2D eigenvalue weighted by Crippen LogP contribution is 2.31. The van der Waals surface area contributed by atoms with Crippen molar-refractivity contribution in [2.24, 2.45) is 0 Å². The van der Waals surface area contributed by atoms with Gasteiger partial charge in [-0.05, 0) is 18.1 Å². The Kier molecular flexibility index (Phi) is 2.29. The molecule has 2 amide bonds. The number of H-pyrrole nitrogens is 1. The average Bonchev–Trinajstić information content (AvgIpc) is 2.72. The molecule has 0 spiro atoms. The van der Waals surface area contributed by atoms with Gasteiger partial charge in [-0.3, -0.25) is 20.0 Å². The number of nitrogens with zero attached hydrogens (tertiary/aromatic N) is 1. The summed E-state index contributed by atoms with van der Waals surface area (Å²) in [7, 11) is 0. The van der Waals surface area contributed by atoms with E-state index in [1.165, 1.54) is 0 Å². The molecular formula is C12H12N4O2. The van der Waals surface area contributed by atoms with Crippen LogP contribution in [0, 0.1) is 0 Å². The predicted octanol–water partition coefficient (Wildman–Crippen LogP) is 0.665. The van der Waals surface area contributed by atoms with Crippen LogP contribution >= 0.6 is 0 Å². The van der Waals surface area contributed by atoms with Crippen molar-refractivity contribution in [3.05, 3.63) is 23.8 Å². The maximum absolute atomic E-state index is 11.9. The number of para-hydroxylation sites is 1. The lowest BCUT2D eigenvalue weighted by Gasteiger charge is -2.21. The molecule has 6 nitrogen and oxygen atoms in total. The van der Waals surface area contributed by atoms with E-state index in [1.54, 1.807) is 0 Å². The van der Waals surface area contributed by atoms with Crippen molar-refractivity contribution >= 4 is 28.5 Å². The number of amides is 2. The van der Waals surface area contributed by atoms with Crippen LogP contribution in [0.1, 0.15) is 24.3 Å². The minimum absolute atomic E-state index is 0.215. The number of benzene rings is 1. The highest BCUT2D eigenvalue weighted by atomic mass is 16.2. The number of imide groups is 1. The third-order valence-electron chi connectivity index (χ3n) is 3.28. The first-order chi connectivity index (χ1) is 8.66. The van der Waals surface area contributed by atoms with Gasteiger partial charge in [0.15, 0.2) is 5.82 Å². The van der Waals surface area contributed by atoms with Gasteiger partial charge >= 0.3 is 0 Å². The standard InChI is InChI=1S/C12H12N4O2/c13-11-8-3-1-2-6(10(8)15-16-11)7-4-5-9(17)14-12(7)18/h1-3,7H,4-5H2,(H3,13,15,16)(H,14,17,18). The summed E-state index contributed by atoms with van der Waals surface area (Å²) in [5, 5.41) is 9.95. The summed E-state index contributed by atoms with van der Waals surface area (Å²) in [5.41, 5.74) is 7.34. The monoisotopic (exact) mass is 244 g/mol. The van der Waals surface area contributed by atoms with E-state index in [-0.39, 0.29) is 17.7 Å². The van der Waals surface area contributed by atoms with Crippen LogP contribution in [-0.4, -0.2) is 22.0 Å². The Morgan fingerprint density at radius 1 is 1.33 bits per heavy atom. The number of carbonyl (C=O) groups is 2. The minimum Gasteiger partial charge on any atom is -0.382 e. The van der Waals surface area contributed by atoms with Gasteiger partial charge in [0.1, 0.15) is 0 Å². The average molecular weight is 244 g/mol. The quantitative estimate of drug-likeness (QED) is 0.641. The number of rotatable bonds is 1. The van der Waals surface area contributed by atoms with E-state index in [0.29, 0.717) is 18.7 Å². The smallest absolute Gasteiger partial charge is 0.234 e. The van der Waals surface area contributed by atoms with E-state index in [0.717, 1.165) is 16.5 Å². The molecule has 1 aromatic carbocycles. The molecule has 1 saturated heterocycles. The first-order valence-electron chi connectivity index (χ1n) is 5.73. The van der Waals surface area contributed by atoms with Gasteiger partial charge in [-0.1, -0.05) is 12.1 Å². The van der Waals surface area contributed by atoms with Gasteiger partial charge in [0, 0.05) is 11.8 Å². The minimum atomic E-state index is -0.328. The van der Waals surface area contributed by atoms with Crippen LogP contribution in [0.2, 0.25) is 0 Å². The number of aromatic amines is 1. The molecule has 4 N–H and O–H groups in total. The van der Waals surface area contributed by atoms with Gasteiger partial charge in [-0.2, -0.15) is 5.10 Å². The fourth-order valence-electron chi connectivity index (χ4n) is 2.37. The topological polar surface area (TPSA) is 101 Å². The first-order valence-corrected chi connectivity index (χ1v) is 5.73. The number of fused-ring (bicyclic) bond motifs is 1. The number of hydrogen-bond donors (Lipinski definition) is 3. The normalized spacial score (nSPS) is 20.1. The molecule has 92 valence electrons. The van der Waals surface area contributed by atoms with Crippen LogP contribution in [0.5, 0.6) is 0 Å². The molecule has 1 aliphatic rings. The molecule has 1 atom stereocenters. The number of carbonyl (C=O) groups excluding carboxylic acids is 2. The van der Waals surface area contributed by atoms with Crippen LogP contribution < -0.4 is 11.1 Å². The van der Waals surface area contributed by atoms with E-state index in [1.807, 2.05) is 18.2 Å². The van der Waals surface area contributed by atoms with Crippen LogP contribution in [-0.2, 0) is 9.59 Å². The molecule has 0 aliphatic carbocycles. The van der Waals surface area contributed by atoms with Crippen molar-refractivity contribution in [1.29, 1.82) is 0 Å². The molecule has 0 bridgehead atoms. The fourth-order valence-corrected chi connectivity index (χ4v) is 2.37. The van der Waals surface area contributed by atoms with Crippen LogP contribution in [0.3, 0.4) is 0 Å². The molecule has 0 radical (unpaired) electrons. The van der Waals surface area contributed by atoms with E-state index in [4.69, 9.17) is 5.73 Å². The summed E-state index contributed by atoms with van der Waals surface area (Å²) in [6, 6.07) is 5.55. The molecule has 2 aromatic rings. The van der Waals surface area contributed by atoms with E-state index in [2.05, 4.69) is 15.5 Å². The van der Waals surface area contributed by atoms with Gasteiger partial charge in [-0.25, -0.2) is 0 Å². The van der Waals surface area contributed by atoms with Crippen molar-refractivity contribution in [2.75, 3.05) is 5.73 Å². The molecular weight excluding hydrogens is 232 g/mol. The van der Waals surface area contributed by atoms with Gasteiger partial charge in [0.05, 0.1) is 11.4 Å². The number of aromatic nitrogens is 2. The Labute approximate surface area is 103 Å². The highest BCUT2D eigenvalue weighted by Gasteiger charge is 2.29. The van der Waals surface area contributed by atoms with Crippen molar-refractivity contribution in [2.45, 2.75) is 18.8 Å². The molecule has 1 fully saturated rings. The third kappa shape index (κ3) is 1.54. The van der Waals surface area contributed by atoms with Crippen molar-refractivity contribution in [3.63, 3.8) is 0 Å². The van der Waals surface area contributed by atoms with E-state index < -0.39 is 0 Å². The Bertz CT molecular complexity index is 647. The number of nitrogen functional groups attached to an aromatic ring is 1. The zero-order valence-electron chi connectivity index (χ0n) is 9.56. The second-order valence-electron chi connectivity index (χ2n) is 4.38. The van der Waals surface area contributed by atoms with Crippen molar-refractivity contribution in [1.82, 2.24) is 15.5 Å². The Hall–Kier alpha value is -2.37. The maximum Gasteiger partial charge on any atom is 0.234 e. The van der Waals surface area contributed by atoms with E-state index in [9.17, 15) is 9.59 Å². The summed E-state index contributed by atoms with van der Waals surface area (Å²) >= 11 is 0. The summed E-state index contributed by atoms with van der Waals surface area (Å²) < 4.78 is 0. The second-order valence-corrected chi connectivity index (χ2v) is 4.38. The molecule has 0 saturated carbocycles. The molecule has 6 heteroatoms. The largest absolute Gasteiger partial charge is 0.382 e. The third-order valence-corrected chi connectivity index (χ3v) is 3.28. The molecule has 1 aromatic heterocycles. The summed E-state index contributed by atoms with van der Waals surface area (Å²) in [6.07, 6.45) is 0.874. The van der Waals surface area contributed by atoms with Crippen molar-refractivity contribution in [3.8, 4) is 0 Å². The summed E-state index contributed by atoms with van der Waals surface area (Å²) in [6.45, 7) is 0. The number of hydrogen-bond acceptors (Lipinski definition) is 4. The van der Waals surface area contributed by atoms with Gasteiger partial charge in [0.2, 0.25) is 11.8 Å². The molecule has 3 rings (SSSR count). The lowest BCUT2D eigenvalue weighted by molar-refractivity contribution is -0.134. The lowest BCUT2D eigenvalue weighted by atomic mass is 9.89. The summed E-state index contributed by atoms with van der Waals surface area (Å²) in [5.74, 6) is -0.384. The Morgan fingerprint density at radius 3 is 2.94 bits per heavy atom.